The molecule has 37 heavy (non-hydrogen) atoms. The smallest absolute Gasteiger partial charge is 0.338 e. The average molecular weight is 495 g/mol. The number of esters is 1. The molecular formula is C28H22N4O5. The van der Waals surface area contributed by atoms with Gasteiger partial charge in [-0.1, -0.05) is 48.5 Å². The molecule has 0 saturated carbocycles. The highest BCUT2D eigenvalue weighted by Gasteiger charge is 2.36. The molecule has 184 valence electrons. The van der Waals surface area contributed by atoms with Crippen molar-refractivity contribution in [3.05, 3.63) is 101 Å². The second-order valence-electron chi connectivity index (χ2n) is 8.37. The predicted octanol–water partition coefficient (Wildman–Crippen LogP) is 3.90. The van der Waals surface area contributed by atoms with Crippen LogP contribution in [0, 0.1) is 0 Å². The Kier molecular flexibility index (Phi) is 6.34. The Morgan fingerprint density at radius 1 is 0.919 bits per heavy atom. The van der Waals surface area contributed by atoms with Gasteiger partial charge in [0.2, 0.25) is 5.91 Å². The lowest BCUT2D eigenvalue weighted by Gasteiger charge is -2.14. The number of hydrogen-bond acceptors (Lipinski definition) is 6. The molecule has 4 amide bonds. The van der Waals surface area contributed by atoms with E-state index < -0.39 is 23.8 Å². The number of amides is 4. The molecule has 2 aliphatic heterocycles. The number of carbonyl (C=O) groups excluding carboxylic acids is 4. The van der Waals surface area contributed by atoms with E-state index in [4.69, 9.17) is 9.73 Å². The van der Waals surface area contributed by atoms with Crippen molar-refractivity contribution in [2.24, 2.45) is 4.99 Å². The SMILES string of the molecule is CCOC(=O)c1ccc2c(c1)NC(=O)C2C(=Nc1ccc(C=C2NC(=O)NC2=O)cc1)c1ccccc1. The van der Waals surface area contributed by atoms with Crippen LogP contribution in [0.3, 0.4) is 0 Å². The number of urea groups is 1. The third-order valence-corrected chi connectivity index (χ3v) is 5.91. The van der Waals surface area contributed by atoms with Crippen molar-refractivity contribution in [2.45, 2.75) is 12.8 Å². The summed E-state index contributed by atoms with van der Waals surface area (Å²) in [5.41, 5.74) is 4.40. The number of hydrogen-bond donors (Lipinski definition) is 3. The molecule has 9 heteroatoms. The number of fused-ring (bicyclic) bond motifs is 1. The van der Waals surface area contributed by atoms with E-state index in [1.54, 1.807) is 55.5 Å². The lowest BCUT2D eigenvalue weighted by molar-refractivity contribution is -0.116. The third kappa shape index (κ3) is 4.87. The summed E-state index contributed by atoms with van der Waals surface area (Å²) in [7, 11) is 0. The van der Waals surface area contributed by atoms with Gasteiger partial charge in [-0.2, -0.15) is 0 Å². The molecule has 0 radical (unpaired) electrons. The highest BCUT2D eigenvalue weighted by Crippen LogP contribution is 2.37. The fourth-order valence-electron chi connectivity index (χ4n) is 4.21. The van der Waals surface area contributed by atoms with Gasteiger partial charge in [-0.15, -0.1) is 0 Å². The van der Waals surface area contributed by atoms with E-state index in [9.17, 15) is 19.2 Å². The molecule has 2 aliphatic rings. The maximum atomic E-state index is 13.2. The highest BCUT2D eigenvalue weighted by atomic mass is 16.5. The molecule has 3 N–H and O–H groups in total. The summed E-state index contributed by atoms with van der Waals surface area (Å²) in [4.78, 5) is 53.3. The summed E-state index contributed by atoms with van der Waals surface area (Å²) in [5.74, 6) is -1.88. The van der Waals surface area contributed by atoms with Gasteiger partial charge in [-0.3, -0.25) is 19.9 Å². The van der Waals surface area contributed by atoms with E-state index in [0.29, 0.717) is 33.8 Å². The van der Waals surface area contributed by atoms with Crippen LogP contribution in [-0.4, -0.2) is 36.1 Å². The molecule has 0 aliphatic carbocycles. The Balaban J connectivity index is 1.51. The van der Waals surface area contributed by atoms with Gasteiger partial charge in [0.25, 0.3) is 5.91 Å². The average Bonchev–Trinajstić information content (AvgIpc) is 3.40. The zero-order valence-corrected chi connectivity index (χ0v) is 19.8. The van der Waals surface area contributed by atoms with Crippen LogP contribution in [0.15, 0.2) is 83.5 Å². The van der Waals surface area contributed by atoms with Gasteiger partial charge in [0.1, 0.15) is 11.6 Å². The highest BCUT2D eigenvalue weighted by molar-refractivity contribution is 6.24. The van der Waals surface area contributed by atoms with E-state index >= 15 is 0 Å². The van der Waals surface area contributed by atoms with Crippen molar-refractivity contribution in [2.75, 3.05) is 11.9 Å². The molecule has 5 rings (SSSR count). The molecule has 1 saturated heterocycles. The van der Waals surface area contributed by atoms with Crippen molar-refractivity contribution in [1.29, 1.82) is 0 Å². The first-order valence-corrected chi connectivity index (χ1v) is 11.6. The molecule has 3 aromatic carbocycles. The lowest BCUT2D eigenvalue weighted by atomic mass is 9.90. The molecule has 1 fully saturated rings. The van der Waals surface area contributed by atoms with Crippen molar-refractivity contribution >= 4 is 47.0 Å². The largest absolute Gasteiger partial charge is 0.462 e. The molecule has 1 atom stereocenters. The minimum atomic E-state index is -0.687. The number of rotatable bonds is 6. The topological polar surface area (TPSA) is 126 Å². The monoisotopic (exact) mass is 494 g/mol. The zero-order valence-electron chi connectivity index (χ0n) is 19.8. The number of imide groups is 1. The fourth-order valence-corrected chi connectivity index (χ4v) is 4.21. The summed E-state index contributed by atoms with van der Waals surface area (Å²) in [6, 6.07) is 20.9. The van der Waals surface area contributed by atoms with Crippen molar-refractivity contribution in [3.8, 4) is 0 Å². The number of benzene rings is 3. The molecule has 1 unspecified atom stereocenters. The summed E-state index contributed by atoms with van der Waals surface area (Å²) in [6.07, 6.45) is 1.56. The summed E-state index contributed by atoms with van der Waals surface area (Å²) < 4.78 is 5.08. The third-order valence-electron chi connectivity index (χ3n) is 5.91. The van der Waals surface area contributed by atoms with Gasteiger partial charge >= 0.3 is 12.0 Å². The number of anilines is 1. The molecule has 0 spiro atoms. The van der Waals surface area contributed by atoms with E-state index in [1.807, 2.05) is 30.3 Å². The number of nitrogens with one attached hydrogen (secondary N) is 3. The van der Waals surface area contributed by atoms with Gasteiger partial charge in [0.15, 0.2) is 0 Å². The van der Waals surface area contributed by atoms with Crippen LogP contribution in [0.2, 0.25) is 0 Å². The molecule has 3 aromatic rings. The number of ether oxygens (including phenoxy) is 1. The Labute approximate surface area is 212 Å². The zero-order chi connectivity index (χ0) is 25.9. The maximum absolute atomic E-state index is 13.2. The van der Waals surface area contributed by atoms with Gasteiger partial charge in [-0.05, 0) is 54.0 Å². The van der Waals surface area contributed by atoms with Crippen LogP contribution in [0.4, 0.5) is 16.2 Å². The Bertz CT molecular complexity index is 1480. The second kappa shape index (κ2) is 9.90. The Morgan fingerprint density at radius 2 is 1.68 bits per heavy atom. The standard InChI is InChI=1S/C28H22N4O5/c1-2-37-27(35)18-10-13-20-21(15-18)30-26(34)23(20)24(17-6-4-3-5-7-17)29-19-11-8-16(9-12-19)14-22-25(33)32-28(36)31-22/h3-15,23H,2H2,1H3,(H,30,34)(H2,31,32,33,36). The van der Waals surface area contributed by atoms with E-state index in [0.717, 1.165) is 5.56 Å². The van der Waals surface area contributed by atoms with Crippen molar-refractivity contribution in [1.82, 2.24) is 10.6 Å². The Hall–Kier alpha value is -5.05. The van der Waals surface area contributed by atoms with E-state index in [-0.39, 0.29) is 18.2 Å². The first-order chi connectivity index (χ1) is 17.9. The Morgan fingerprint density at radius 3 is 2.35 bits per heavy atom. The van der Waals surface area contributed by atoms with Crippen LogP contribution < -0.4 is 16.0 Å². The van der Waals surface area contributed by atoms with E-state index in [1.165, 1.54) is 0 Å². The van der Waals surface area contributed by atoms with Crippen molar-refractivity contribution < 1.29 is 23.9 Å². The molecule has 9 nitrogen and oxygen atoms in total. The molecule has 0 aromatic heterocycles. The van der Waals surface area contributed by atoms with Crippen LogP contribution >= 0.6 is 0 Å². The predicted molar refractivity (Wildman–Crippen MR) is 138 cm³/mol. The van der Waals surface area contributed by atoms with Crippen LogP contribution in [0.1, 0.15) is 39.9 Å². The van der Waals surface area contributed by atoms with Crippen LogP contribution in [0.25, 0.3) is 6.08 Å². The first-order valence-electron chi connectivity index (χ1n) is 11.6. The number of carbonyl (C=O) groups is 4. The fraction of sp³-hybridized carbons (Fsp3) is 0.107. The van der Waals surface area contributed by atoms with Gasteiger partial charge < -0.3 is 15.4 Å². The number of nitrogens with zero attached hydrogens (tertiary/aromatic N) is 1. The minimum Gasteiger partial charge on any atom is -0.462 e. The minimum absolute atomic E-state index is 0.160. The van der Waals surface area contributed by atoms with Gasteiger partial charge in [0, 0.05) is 5.69 Å². The molecular weight excluding hydrogens is 472 g/mol. The first kappa shape index (κ1) is 23.7. The van der Waals surface area contributed by atoms with Crippen LogP contribution in [-0.2, 0) is 14.3 Å². The lowest BCUT2D eigenvalue weighted by Crippen LogP contribution is -2.22. The second-order valence-corrected chi connectivity index (χ2v) is 8.37. The summed E-state index contributed by atoms with van der Waals surface area (Å²) >= 11 is 0. The van der Waals surface area contributed by atoms with Crippen LogP contribution in [0.5, 0.6) is 0 Å². The van der Waals surface area contributed by atoms with Gasteiger partial charge in [-0.25, -0.2) is 9.59 Å². The quantitative estimate of drug-likeness (QED) is 0.207. The molecule has 2 heterocycles. The van der Waals surface area contributed by atoms with E-state index in [2.05, 4.69) is 16.0 Å². The summed E-state index contributed by atoms with van der Waals surface area (Å²) in [5, 5.41) is 7.48. The van der Waals surface area contributed by atoms with Gasteiger partial charge in [0.05, 0.1) is 23.6 Å². The summed E-state index contributed by atoms with van der Waals surface area (Å²) in [6.45, 7) is 1.99. The normalized spacial score (nSPS) is 17.8. The number of aliphatic imine (C=N–C) groups is 1. The maximum Gasteiger partial charge on any atom is 0.338 e. The molecule has 0 bridgehead atoms. The van der Waals surface area contributed by atoms with Crippen molar-refractivity contribution in [3.63, 3.8) is 0 Å².